The number of anilines is 1. The summed E-state index contributed by atoms with van der Waals surface area (Å²) in [6.45, 7) is 0.483. The van der Waals surface area contributed by atoms with Crippen LogP contribution >= 0.6 is 0 Å². The molecule has 8 nitrogen and oxygen atoms in total. The molecule has 170 valence electrons. The van der Waals surface area contributed by atoms with Gasteiger partial charge in [0.15, 0.2) is 18.1 Å². The normalized spacial score (nSPS) is 11.6. The molecule has 0 spiro atoms. The molecule has 0 saturated carbocycles. The minimum atomic E-state index is -0.299. The Morgan fingerprint density at radius 1 is 0.970 bits per heavy atom. The van der Waals surface area contributed by atoms with Gasteiger partial charge in [-0.15, -0.1) is 0 Å². The third kappa shape index (κ3) is 5.54. The second-order valence-electron chi connectivity index (χ2n) is 7.44. The van der Waals surface area contributed by atoms with Gasteiger partial charge in [-0.05, 0) is 54.1 Å². The summed E-state index contributed by atoms with van der Waals surface area (Å²) in [7, 11) is 3.30. The van der Waals surface area contributed by atoms with Crippen molar-refractivity contribution in [3.8, 4) is 23.0 Å². The van der Waals surface area contributed by atoms with Crippen molar-refractivity contribution in [3.63, 3.8) is 0 Å². The Bertz CT molecular complexity index is 1150. The Labute approximate surface area is 191 Å². The molecule has 2 amide bonds. The number of carbonyl (C=O) groups is 2. The molecule has 0 unspecified atom stereocenters. The van der Waals surface area contributed by atoms with Gasteiger partial charge in [0.2, 0.25) is 6.79 Å². The lowest BCUT2D eigenvalue weighted by molar-refractivity contribution is -0.118. The highest BCUT2D eigenvalue weighted by atomic mass is 16.7. The Hall–Kier alpha value is -4.20. The van der Waals surface area contributed by atoms with Gasteiger partial charge in [0.05, 0.1) is 7.11 Å². The van der Waals surface area contributed by atoms with E-state index in [1.165, 1.54) is 0 Å². The number of benzene rings is 3. The minimum Gasteiger partial charge on any atom is -0.497 e. The Morgan fingerprint density at radius 2 is 1.76 bits per heavy atom. The molecular weight excluding hydrogens is 424 g/mol. The highest BCUT2D eigenvalue weighted by molar-refractivity contribution is 5.94. The molecule has 0 aromatic heterocycles. The first-order valence-corrected chi connectivity index (χ1v) is 10.3. The summed E-state index contributed by atoms with van der Waals surface area (Å²) in [5, 5.41) is 2.75. The largest absolute Gasteiger partial charge is 0.497 e. The smallest absolute Gasteiger partial charge is 0.262 e. The number of rotatable bonds is 8. The summed E-state index contributed by atoms with van der Waals surface area (Å²) >= 11 is 0. The van der Waals surface area contributed by atoms with Crippen molar-refractivity contribution in [2.75, 3.05) is 32.9 Å². The van der Waals surface area contributed by atoms with Crippen LogP contribution in [0, 0.1) is 0 Å². The van der Waals surface area contributed by atoms with E-state index in [0.29, 0.717) is 40.8 Å². The van der Waals surface area contributed by atoms with Crippen molar-refractivity contribution in [3.05, 3.63) is 77.9 Å². The van der Waals surface area contributed by atoms with Crippen molar-refractivity contribution >= 4 is 17.5 Å². The zero-order chi connectivity index (χ0) is 23.2. The molecule has 0 radical (unpaired) electrons. The topological polar surface area (TPSA) is 86.3 Å². The van der Waals surface area contributed by atoms with E-state index in [0.717, 1.165) is 5.56 Å². The van der Waals surface area contributed by atoms with Gasteiger partial charge in [-0.1, -0.05) is 12.1 Å². The molecule has 0 bridgehead atoms. The number of carbonyl (C=O) groups excluding carboxylic acids is 2. The van der Waals surface area contributed by atoms with Crippen LogP contribution < -0.4 is 24.3 Å². The summed E-state index contributed by atoms with van der Waals surface area (Å²) in [6.07, 6.45) is 0. The number of hydrogen-bond acceptors (Lipinski definition) is 6. The molecule has 0 atom stereocenters. The fourth-order valence-corrected chi connectivity index (χ4v) is 3.35. The summed E-state index contributed by atoms with van der Waals surface area (Å²) in [5.41, 5.74) is 2.08. The van der Waals surface area contributed by atoms with Gasteiger partial charge in [0, 0.05) is 30.9 Å². The van der Waals surface area contributed by atoms with Crippen LogP contribution in [0.4, 0.5) is 5.69 Å². The van der Waals surface area contributed by atoms with E-state index >= 15 is 0 Å². The summed E-state index contributed by atoms with van der Waals surface area (Å²) in [4.78, 5) is 26.5. The SMILES string of the molecule is COc1cccc(NC(=O)COc2ccc(C(=O)N(C)Cc3ccc4c(c3)OCO4)cc2)c1. The maximum Gasteiger partial charge on any atom is 0.262 e. The first-order chi connectivity index (χ1) is 16.0. The summed E-state index contributed by atoms with van der Waals surface area (Å²) in [6, 6.07) is 19.4. The molecule has 4 rings (SSSR count). The molecule has 1 N–H and O–H groups in total. The van der Waals surface area contributed by atoms with Crippen LogP contribution in [0.2, 0.25) is 0 Å². The van der Waals surface area contributed by atoms with Crippen LogP contribution in [0.5, 0.6) is 23.0 Å². The average molecular weight is 448 g/mol. The predicted octanol–water partition coefficient (Wildman–Crippen LogP) is 3.71. The molecule has 3 aromatic carbocycles. The van der Waals surface area contributed by atoms with Crippen molar-refractivity contribution < 1.29 is 28.5 Å². The molecule has 1 heterocycles. The molecule has 1 aliphatic rings. The molecule has 8 heteroatoms. The number of nitrogens with zero attached hydrogens (tertiary/aromatic N) is 1. The maximum atomic E-state index is 12.8. The average Bonchev–Trinajstić information content (AvgIpc) is 3.30. The van der Waals surface area contributed by atoms with Crippen molar-refractivity contribution in [2.24, 2.45) is 0 Å². The highest BCUT2D eigenvalue weighted by Crippen LogP contribution is 2.32. The van der Waals surface area contributed by atoms with Gasteiger partial charge in [-0.3, -0.25) is 9.59 Å². The van der Waals surface area contributed by atoms with E-state index in [-0.39, 0.29) is 25.2 Å². The van der Waals surface area contributed by atoms with Crippen LogP contribution in [0.15, 0.2) is 66.7 Å². The standard InChI is InChI=1S/C25H24N2O6/c1-27(14-17-6-11-22-23(12-17)33-16-32-22)25(29)18-7-9-20(10-8-18)31-15-24(28)26-19-4-3-5-21(13-19)30-2/h3-13H,14-16H2,1-2H3,(H,26,28). The van der Waals surface area contributed by atoms with Crippen molar-refractivity contribution in [2.45, 2.75) is 6.54 Å². The van der Waals surface area contributed by atoms with Crippen LogP contribution in [0.25, 0.3) is 0 Å². The number of fused-ring (bicyclic) bond motifs is 1. The quantitative estimate of drug-likeness (QED) is 0.565. The zero-order valence-corrected chi connectivity index (χ0v) is 18.4. The van der Waals surface area contributed by atoms with Gasteiger partial charge in [-0.2, -0.15) is 0 Å². The fourth-order valence-electron chi connectivity index (χ4n) is 3.35. The van der Waals surface area contributed by atoms with Gasteiger partial charge >= 0.3 is 0 Å². The second kappa shape index (κ2) is 9.95. The number of nitrogens with one attached hydrogen (secondary N) is 1. The van der Waals surface area contributed by atoms with E-state index in [4.69, 9.17) is 18.9 Å². The first-order valence-electron chi connectivity index (χ1n) is 10.3. The highest BCUT2D eigenvalue weighted by Gasteiger charge is 2.16. The van der Waals surface area contributed by atoms with E-state index < -0.39 is 0 Å². The third-order valence-electron chi connectivity index (χ3n) is 5.03. The Balaban J connectivity index is 1.29. The van der Waals surface area contributed by atoms with Gasteiger partial charge in [0.25, 0.3) is 11.8 Å². The molecule has 1 aliphatic heterocycles. The van der Waals surface area contributed by atoms with Crippen LogP contribution in [-0.2, 0) is 11.3 Å². The third-order valence-corrected chi connectivity index (χ3v) is 5.03. The number of amides is 2. The predicted molar refractivity (Wildman–Crippen MR) is 122 cm³/mol. The lowest BCUT2D eigenvalue weighted by Gasteiger charge is -2.18. The van der Waals surface area contributed by atoms with Gasteiger partial charge < -0.3 is 29.2 Å². The zero-order valence-electron chi connectivity index (χ0n) is 18.4. The molecule has 0 saturated heterocycles. The van der Waals surface area contributed by atoms with Crippen LogP contribution in [0.3, 0.4) is 0 Å². The van der Waals surface area contributed by atoms with Gasteiger partial charge in [-0.25, -0.2) is 0 Å². The maximum absolute atomic E-state index is 12.8. The number of hydrogen-bond donors (Lipinski definition) is 1. The molecule has 33 heavy (non-hydrogen) atoms. The van der Waals surface area contributed by atoms with Crippen molar-refractivity contribution in [1.82, 2.24) is 4.90 Å². The molecule has 0 aliphatic carbocycles. The first kappa shape index (κ1) is 22.0. The summed E-state index contributed by atoms with van der Waals surface area (Å²) in [5.74, 6) is 2.11. The Kier molecular flexibility index (Phi) is 6.64. The number of ether oxygens (including phenoxy) is 4. The van der Waals surface area contributed by atoms with E-state index in [1.54, 1.807) is 67.6 Å². The fraction of sp³-hybridized carbons (Fsp3) is 0.200. The monoisotopic (exact) mass is 448 g/mol. The van der Waals surface area contributed by atoms with E-state index in [9.17, 15) is 9.59 Å². The van der Waals surface area contributed by atoms with Crippen LogP contribution in [0.1, 0.15) is 15.9 Å². The number of methoxy groups -OCH3 is 1. The molecule has 3 aromatic rings. The lowest BCUT2D eigenvalue weighted by atomic mass is 10.1. The summed E-state index contributed by atoms with van der Waals surface area (Å²) < 4.78 is 21.4. The van der Waals surface area contributed by atoms with E-state index in [2.05, 4.69) is 5.32 Å². The van der Waals surface area contributed by atoms with E-state index in [1.807, 2.05) is 18.2 Å². The lowest BCUT2D eigenvalue weighted by Crippen LogP contribution is -2.26. The second-order valence-corrected chi connectivity index (χ2v) is 7.44. The molecular formula is C25H24N2O6. The Morgan fingerprint density at radius 3 is 2.55 bits per heavy atom. The molecule has 0 fully saturated rings. The van der Waals surface area contributed by atoms with Crippen LogP contribution in [-0.4, -0.2) is 44.3 Å². The minimum absolute atomic E-state index is 0.130. The van der Waals surface area contributed by atoms with Crippen molar-refractivity contribution in [1.29, 1.82) is 0 Å². The van der Waals surface area contributed by atoms with Gasteiger partial charge in [0.1, 0.15) is 11.5 Å².